The van der Waals surface area contributed by atoms with E-state index >= 15 is 0 Å². The minimum absolute atomic E-state index is 0.00623. The molecule has 0 bridgehead atoms. The first-order valence-electron chi connectivity index (χ1n) is 7.80. The highest BCUT2D eigenvalue weighted by Crippen LogP contribution is 2.22. The Labute approximate surface area is 127 Å². The van der Waals surface area contributed by atoms with Crippen molar-refractivity contribution >= 4 is 19.2 Å². The molecule has 0 saturated heterocycles. The van der Waals surface area contributed by atoms with Gasteiger partial charge < -0.3 is 8.99 Å². The van der Waals surface area contributed by atoms with Crippen molar-refractivity contribution in [2.45, 2.75) is 52.4 Å². The van der Waals surface area contributed by atoms with Crippen molar-refractivity contribution in [2.24, 2.45) is 0 Å². The summed E-state index contributed by atoms with van der Waals surface area (Å²) in [7, 11) is -1.83. The molecule has 0 aliphatic carbocycles. The second kappa shape index (κ2) is 6.48. The Morgan fingerprint density at radius 2 is 1.90 bits per heavy atom. The monoisotopic (exact) mass is 303 g/mol. The van der Waals surface area contributed by atoms with Crippen molar-refractivity contribution < 1.29 is 4.43 Å². The van der Waals surface area contributed by atoms with E-state index in [1.54, 1.807) is 4.57 Å². The molecule has 0 N–H and O–H groups in total. The van der Waals surface area contributed by atoms with Gasteiger partial charge in [-0.2, -0.15) is 0 Å². The standard InChI is InChI=1S/C17H25NO2Si/c1-5-7-12-21(3,4)20-16-13-14-10-8-9-11-15(14)18(6-2)17(16)19/h8-11,13H,5-7,12H2,1-4H3. The average molecular weight is 303 g/mol. The Bertz CT molecular complexity index is 676. The maximum absolute atomic E-state index is 12.6. The summed E-state index contributed by atoms with van der Waals surface area (Å²) in [6.07, 6.45) is 2.32. The Hall–Kier alpha value is -1.55. The Balaban J connectivity index is 2.45. The molecule has 114 valence electrons. The van der Waals surface area contributed by atoms with Crippen LogP contribution in [-0.2, 0) is 6.54 Å². The average Bonchev–Trinajstić information content (AvgIpc) is 2.46. The van der Waals surface area contributed by atoms with Crippen molar-refractivity contribution in [1.82, 2.24) is 4.57 Å². The van der Waals surface area contributed by atoms with Gasteiger partial charge in [0.25, 0.3) is 5.56 Å². The van der Waals surface area contributed by atoms with E-state index < -0.39 is 8.32 Å². The van der Waals surface area contributed by atoms with Gasteiger partial charge in [-0.1, -0.05) is 38.0 Å². The summed E-state index contributed by atoms with van der Waals surface area (Å²) < 4.78 is 7.99. The number of pyridine rings is 1. The van der Waals surface area contributed by atoms with E-state index in [0.29, 0.717) is 12.3 Å². The van der Waals surface area contributed by atoms with Crippen LogP contribution >= 0.6 is 0 Å². The predicted molar refractivity (Wildman–Crippen MR) is 91.7 cm³/mol. The molecule has 1 heterocycles. The topological polar surface area (TPSA) is 31.2 Å². The van der Waals surface area contributed by atoms with Gasteiger partial charge >= 0.3 is 0 Å². The van der Waals surface area contributed by atoms with Gasteiger partial charge in [0, 0.05) is 11.9 Å². The Morgan fingerprint density at radius 3 is 2.57 bits per heavy atom. The fraction of sp³-hybridized carbons (Fsp3) is 0.471. The number of nitrogens with zero attached hydrogens (tertiary/aromatic N) is 1. The molecule has 3 nitrogen and oxygen atoms in total. The molecule has 0 aliphatic rings. The van der Waals surface area contributed by atoms with Crippen molar-refractivity contribution in [2.75, 3.05) is 0 Å². The van der Waals surface area contributed by atoms with E-state index in [-0.39, 0.29) is 5.56 Å². The number of aromatic nitrogens is 1. The Kier molecular flexibility index (Phi) is 4.88. The summed E-state index contributed by atoms with van der Waals surface area (Å²) in [5, 5.41) is 1.06. The largest absolute Gasteiger partial charge is 0.540 e. The molecule has 2 aromatic rings. The van der Waals surface area contributed by atoms with Crippen LogP contribution in [0.1, 0.15) is 26.7 Å². The molecule has 2 rings (SSSR count). The molecule has 0 amide bonds. The minimum Gasteiger partial charge on any atom is -0.540 e. The number of rotatable bonds is 6. The van der Waals surface area contributed by atoms with Crippen LogP contribution < -0.4 is 9.99 Å². The summed E-state index contributed by atoms with van der Waals surface area (Å²) >= 11 is 0. The zero-order chi connectivity index (χ0) is 15.5. The summed E-state index contributed by atoms with van der Waals surface area (Å²) in [5.74, 6) is 0.517. The number of hydrogen-bond acceptors (Lipinski definition) is 2. The van der Waals surface area contributed by atoms with E-state index in [9.17, 15) is 4.79 Å². The number of unbranched alkanes of at least 4 members (excludes halogenated alkanes) is 1. The molecule has 0 atom stereocenters. The van der Waals surface area contributed by atoms with E-state index in [1.165, 1.54) is 0 Å². The van der Waals surface area contributed by atoms with Crippen LogP contribution in [0.3, 0.4) is 0 Å². The first-order chi connectivity index (χ1) is 9.98. The van der Waals surface area contributed by atoms with Gasteiger partial charge in [0.05, 0.1) is 5.52 Å². The van der Waals surface area contributed by atoms with Gasteiger partial charge in [-0.3, -0.25) is 4.79 Å². The molecule has 1 aromatic carbocycles. The quantitative estimate of drug-likeness (QED) is 0.740. The van der Waals surface area contributed by atoms with Gasteiger partial charge in [-0.15, -0.1) is 0 Å². The van der Waals surface area contributed by atoms with Crippen LogP contribution in [0.25, 0.3) is 10.9 Å². The molecule has 1 aromatic heterocycles. The van der Waals surface area contributed by atoms with Crippen molar-refractivity contribution in [3.05, 3.63) is 40.7 Å². The Morgan fingerprint density at radius 1 is 1.19 bits per heavy atom. The van der Waals surface area contributed by atoms with Gasteiger partial charge in [-0.25, -0.2) is 0 Å². The van der Waals surface area contributed by atoms with Crippen LogP contribution in [0.15, 0.2) is 35.1 Å². The lowest BCUT2D eigenvalue weighted by atomic mass is 10.2. The van der Waals surface area contributed by atoms with Gasteiger partial charge in [0.15, 0.2) is 5.75 Å². The fourth-order valence-electron chi connectivity index (χ4n) is 2.64. The second-order valence-corrected chi connectivity index (χ2v) is 10.3. The highest BCUT2D eigenvalue weighted by Gasteiger charge is 2.25. The lowest BCUT2D eigenvalue weighted by Crippen LogP contribution is -2.37. The third-order valence-corrected chi connectivity index (χ3v) is 6.14. The molecule has 0 saturated carbocycles. The van der Waals surface area contributed by atoms with E-state index in [4.69, 9.17) is 4.43 Å². The first-order valence-corrected chi connectivity index (χ1v) is 10.9. The second-order valence-electron chi connectivity index (χ2n) is 6.08. The van der Waals surface area contributed by atoms with E-state index in [2.05, 4.69) is 20.0 Å². The summed E-state index contributed by atoms with van der Waals surface area (Å²) in [4.78, 5) is 12.6. The zero-order valence-corrected chi connectivity index (χ0v) is 14.5. The number of fused-ring (bicyclic) bond motifs is 1. The number of para-hydroxylation sites is 1. The molecule has 0 radical (unpaired) electrons. The smallest absolute Gasteiger partial charge is 0.291 e. The van der Waals surface area contributed by atoms with Crippen LogP contribution in [0.2, 0.25) is 19.1 Å². The fourth-order valence-corrected chi connectivity index (χ4v) is 4.69. The SMILES string of the molecule is CCCC[Si](C)(C)Oc1cc2ccccc2n(CC)c1=O. The molecule has 0 unspecified atom stereocenters. The van der Waals surface area contributed by atoms with Gasteiger partial charge in [0.1, 0.15) is 0 Å². The highest BCUT2D eigenvalue weighted by molar-refractivity contribution is 6.71. The minimum atomic E-state index is -1.83. The lowest BCUT2D eigenvalue weighted by Gasteiger charge is -2.24. The summed E-state index contributed by atoms with van der Waals surface area (Å²) in [5.41, 5.74) is 0.971. The van der Waals surface area contributed by atoms with Crippen molar-refractivity contribution in [3.8, 4) is 5.75 Å². The first kappa shape index (κ1) is 15.8. The molecule has 0 fully saturated rings. The third-order valence-electron chi connectivity index (χ3n) is 3.80. The van der Waals surface area contributed by atoms with Crippen LogP contribution in [0.5, 0.6) is 5.75 Å². The third kappa shape index (κ3) is 3.56. The van der Waals surface area contributed by atoms with Crippen LogP contribution in [0, 0.1) is 0 Å². The van der Waals surface area contributed by atoms with E-state index in [1.807, 2.05) is 37.3 Å². The molecule has 4 heteroatoms. The maximum Gasteiger partial charge on any atom is 0.291 e. The number of hydrogen-bond donors (Lipinski definition) is 0. The molecule has 0 aliphatic heterocycles. The number of benzene rings is 1. The molecule has 21 heavy (non-hydrogen) atoms. The van der Waals surface area contributed by atoms with Crippen LogP contribution in [-0.4, -0.2) is 12.9 Å². The van der Waals surface area contributed by atoms with Gasteiger partial charge in [0.2, 0.25) is 8.32 Å². The van der Waals surface area contributed by atoms with Crippen LogP contribution in [0.4, 0.5) is 0 Å². The summed E-state index contributed by atoms with van der Waals surface area (Å²) in [6, 6.07) is 11.0. The molecule has 0 spiro atoms. The normalized spacial score (nSPS) is 11.8. The lowest BCUT2D eigenvalue weighted by molar-refractivity contribution is 0.525. The van der Waals surface area contributed by atoms with E-state index in [0.717, 1.165) is 29.8 Å². The van der Waals surface area contributed by atoms with Crippen molar-refractivity contribution in [1.29, 1.82) is 0 Å². The molecular formula is C17H25NO2Si. The number of aryl methyl sites for hydroxylation is 1. The summed E-state index contributed by atoms with van der Waals surface area (Å²) in [6.45, 7) is 9.22. The zero-order valence-electron chi connectivity index (χ0n) is 13.5. The molecular weight excluding hydrogens is 278 g/mol. The maximum atomic E-state index is 12.6. The predicted octanol–water partition coefficient (Wildman–Crippen LogP) is 4.41. The van der Waals surface area contributed by atoms with Crippen molar-refractivity contribution in [3.63, 3.8) is 0 Å². The highest BCUT2D eigenvalue weighted by atomic mass is 28.4. The van der Waals surface area contributed by atoms with Gasteiger partial charge in [-0.05, 0) is 38.2 Å².